The Morgan fingerprint density at radius 2 is 1.86 bits per heavy atom. The maximum Gasteiger partial charge on any atom is 0.435 e. The molecule has 4 nitrogen and oxygen atoms in total. The zero-order valence-electron chi connectivity index (χ0n) is 10.3. The van der Waals surface area contributed by atoms with Crippen LogP contribution in [0.1, 0.15) is 5.69 Å². The molecule has 0 spiro atoms. The number of hydrogen-bond donors (Lipinski definition) is 0. The third-order valence-electron chi connectivity index (χ3n) is 2.67. The Morgan fingerprint density at radius 3 is 2.52 bits per heavy atom. The van der Waals surface area contributed by atoms with Crippen LogP contribution in [0.3, 0.4) is 0 Å². The minimum absolute atomic E-state index is 0.0710. The Kier molecular flexibility index (Phi) is 3.47. The summed E-state index contributed by atoms with van der Waals surface area (Å²) in [6.07, 6.45) is -1.83. The van der Waals surface area contributed by atoms with E-state index < -0.39 is 11.9 Å². The second-order valence-corrected chi connectivity index (χ2v) is 5.39. The van der Waals surface area contributed by atoms with Crippen molar-refractivity contribution in [3.8, 4) is 11.6 Å². The molecule has 3 rings (SSSR count). The van der Waals surface area contributed by atoms with Crippen LogP contribution in [0.5, 0.6) is 11.6 Å². The summed E-state index contributed by atoms with van der Waals surface area (Å²) in [5, 5.41) is 3.47. The molecule has 108 valence electrons. The molecule has 3 aromatic rings. The largest absolute Gasteiger partial charge is 0.437 e. The summed E-state index contributed by atoms with van der Waals surface area (Å²) in [6, 6.07) is 8.00. The Balaban J connectivity index is 2.02. The quantitative estimate of drug-likeness (QED) is 0.602. The monoisotopic (exact) mass is 405 g/mol. The molecule has 0 bridgehead atoms. The lowest BCUT2D eigenvalue weighted by molar-refractivity contribution is -0.141. The van der Waals surface area contributed by atoms with Crippen LogP contribution >= 0.6 is 22.6 Å². The first kappa shape index (κ1) is 14.1. The molecule has 21 heavy (non-hydrogen) atoms. The Labute approximate surface area is 130 Å². The van der Waals surface area contributed by atoms with Crippen molar-refractivity contribution in [3.05, 3.63) is 52.0 Å². The number of benzene rings is 1. The Hall–Kier alpha value is -1.84. The highest BCUT2D eigenvalue weighted by atomic mass is 127. The van der Waals surface area contributed by atoms with Gasteiger partial charge in [0.15, 0.2) is 5.69 Å². The van der Waals surface area contributed by atoms with Crippen molar-refractivity contribution in [2.45, 2.75) is 6.18 Å². The standard InChI is InChI=1S/C13H7F3IN3O/c14-13(15,16)11-7-10-12(18-5-6-20(10)19-11)21-9-3-1-8(17)2-4-9/h1-7H. The van der Waals surface area contributed by atoms with Gasteiger partial charge in [0.25, 0.3) is 0 Å². The Morgan fingerprint density at radius 1 is 1.14 bits per heavy atom. The number of alkyl halides is 3. The minimum Gasteiger partial charge on any atom is -0.437 e. The third-order valence-corrected chi connectivity index (χ3v) is 3.39. The molecule has 1 aromatic carbocycles. The fourth-order valence-electron chi connectivity index (χ4n) is 1.73. The number of hydrogen-bond acceptors (Lipinski definition) is 3. The zero-order chi connectivity index (χ0) is 15.0. The van der Waals surface area contributed by atoms with Crippen molar-refractivity contribution in [2.75, 3.05) is 0 Å². The number of aromatic nitrogens is 3. The Bertz CT molecular complexity index is 783. The average molecular weight is 405 g/mol. The molecular formula is C13H7F3IN3O. The maximum absolute atomic E-state index is 12.7. The first-order chi connectivity index (χ1) is 9.93. The highest BCUT2D eigenvalue weighted by Gasteiger charge is 2.34. The predicted octanol–water partition coefficient (Wildman–Crippen LogP) is 4.15. The summed E-state index contributed by atoms with van der Waals surface area (Å²) in [5.74, 6) is 0.562. The van der Waals surface area contributed by atoms with Crippen molar-refractivity contribution in [3.63, 3.8) is 0 Å². The van der Waals surface area contributed by atoms with E-state index in [4.69, 9.17) is 4.74 Å². The molecule has 0 saturated heterocycles. The topological polar surface area (TPSA) is 39.4 Å². The van der Waals surface area contributed by atoms with Crippen LogP contribution in [-0.2, 0) is 6.18 Å². The normalized spacial score (nSPS) is 11.8. The molecule has 0 N–H and O–H groups in total. The van der Waals surface area contributed by atoms with Gasteiger partial charge < -0.3 is 4.74 Å². The zero-order valence-corrected chi connectivity index (χ0v) is 12.5. The van der Waals surface area contributed by atoms with Gasteiger partial charge in [-0.2, -0.15) is 18.3 Å². The minimum atomic E-state index is -4.51. The van der Waals surface area contributed by atoms with Crippen molar-refractivity contribution >= 4 is 28.1 Å². The van der Waals surface area contributed by atoms with Gasteiger partial charge in [-0.05, 0) is 46.9 Å². The number of halogens is 4. The third kappa shape index (κ3) is 2.94. The second-order valence-electron chi connectivity index (χ2n) is 4.15. The van der Waals surface area contributed by atoms with E-state index in [0.717, 1.165) is 14.2 Å². The molecule has 0 fully saturated rings. The summed E-state index contributed by atoms with van der Waals surface area (Å²) in [6.45, 7) is 0. The van der Waals surface area contributed by atoms with Crippen LogP contribution in [0.25, 0.3) is 5.52 Å². The van der Waals surface area contributed by atoms with Gasteiger partial charge in [0, 0.05) is 22.0 Å². The summed E-state index contributed by atoms with van der Waals surface area (Å²) in [5.41, 5.74) is -0.827. The molecule has 0 aliphatic heterocycles. The van der Waals surface area contributed by atoms with Crippen molar-refractivity contribution < 1.29 is 17.9 Å². The van der Waals surface area contributed by atoms with Crippen LogP contribution in [0.4, 0.5) is 13.2 Å². The predicted molar refractivity (Wildman–Crippen MR) is 77.2 cm³/mol. The van der Waals surface area contributed by atoms with Gasteiger partial charge in [-0.1, -0.05) is 0 Å². The molecular weight excluding hydrogens is 398 g/mol. The van der Waals surface area contributed by atoms with E-state index in [1.54, 1.807) is 12.1 Å². The highest BCUT2D eigenvalue weighted by Crippen LogP contribution is 2.31. The van der Waals surface area contributed by atoms with E-state index in [-0.39, 0.29) is 11.4 Å². The number of nitrogens with zero attached hydrogens (tertiary/aromatic N) is 3. The first-order valence-corrected chi connectivity index (χ1v) is 6.86. The van der Waals surface area contributed by atoms with E-state index in [9.17, 15) is 13.2 Å². The van der Waals surface area contributed by atoms with Crippen LogP contribution in [0.15, 0.2) is 42.7 Å². The summed E-state index contributed by atoms with van der Waals surface area (Å²) in [7, 11) is 0. The fourth-order valence-corrected chi connectivity index (χ4v) is 2.09. The molecule has 0 saturated carbocycles. The fraction of sp³-hybridized carbons (Fsp3) is 0.0769. The first-order valence-electron chi connectivity index (χ1n) is 5.78. The second kappa shape index (κ2) is 5.17. The molecule has 8 heteroatoms. The van der Waals surface area contributed by atoms with Gasteiger partial charge in [-0.25, -0.2) is 9.50 Å². The van der Waals surface area contributed by atoms with Crippen molar-refractivity contribution in [1.29, 1.82) is 0 Å². The lowest BCUT2D eigenvalue weighted by Crippen LogP contribution is -2.05. The van der Waals surface area contributed by atoms with Crippen LogP contribution in [0.2, 0.25) is 0 Å². The van der Waals surface area contributed by atoms with E-state index in [0.29, 0.717) is 5.75 Å². The van der Waals surface area contributed by atoms with Gasteiger partial charge in [0.2, 0.25) is 5.88 Å². The van der Waals surface area contributed by atoms with Crippen molar-refractivity contribution in [1.82, 2.24) is 14.6 Å². The average Bonchev–Trinajstić information content (AvgIpc) is 2.86. The molecule has 2 aromatic heterocycles. The molecule has 0 aliphatic rings. The van der Waals surface area contributed by atoms with E-state index in [1.165, 1.54) is 12.4 Å². The lowest BCUT2D eigenvalue weighted by atomic mass is 10.3. The smallest absolute Gasteiger partial charge is 0.435 e. The summed E-state index contributed by atoms with van der Waals surface area (Å²) in [4.78, 5) is 3.97. The highest BCUT2D eigenvalue weighted by molar-refractivity contribution is 14.1. The lowest BCUT2D eigenvalue weighted by Gasteiger charge is -2.05. The molecule has 0 unspecified atom stereocenters. The van der Waals surface area contributed by atoms with E-state index in [2.05, 4.69) is 32.7 Å². The van der Waals surface area contributed by atoms with Gasteiger partial charge in [0.1, 0.15) is 11.3 Å². The van der Waals surface area contributed by atoms with Crippen molar-refractivity contribution in [2.24, 2.45) is 0 Å². The van der Waals surface area contributed by atoms with Crippen LogP contribution < -0.4 is 4.74 Å². The van der Waals surface area contributed by atoms with Gasteiger partial charge >= 0.3 is 6.18 Å². The van der Waals surface area contributed by atoms with Gasteiger partial charge in [0.05, 0.1) is 0 Å². The van der Waals surface area contributed by atoms with Crippen LogP contribution in [0, 0.1) is 3.57 Å². The SMILES string of the molecule is FC(F)(F)c1cc2c(Oc3ccc(I)cc3)nccn2n1. The number of fused-ring (bicyclic) bond motifs is 1. The van der Waals surface area contributed by atoms with E-state index >= 15 is 0 Å². The molecule has 0 amide bonds. The van der Waals surface area contributed by atoms with Crippen LogP contribution in [-0.4, -0.2) is 14.6 Å². The summed E-state index contributed by atoms with van der Waals surface area (Å²) < 4.78 is 45.7. The maximum atomic E-state index is 12.7. The van der Waals surface area contributed by atoms with Gasteiger partial charge in [-0.15, -0.1) is 0 Å². The van der Waals surface area contributed by atoms with E-state index in [1.807, 2.05) is 12.1 Å². The molecule has 0 radical (unpaired) electrons. The molecule has 0 aliphatic carbocycles. The number of ether oxygens (including phenoxy) is 1. The number of rotatable bonds is 2. The molecule has 2 heterocycles. The molecule has 0 atom stereocenters. The van der Waals surface area contributed by atoms with Gasteiger partial charge in [-0.3, -0.25) is 0 Å². The summed E-state index contributed by atoms with van der Waals surface area (Å²) >= 11 is 2.14.